The van der Waals surface area contributed by atoms with Gasteiger partial charge >= 0.3 is 6.09 Å². The molecule has 0 saturated carbocycles. The predicted molar refractivity (Wildman–Crippen MR) is 114 cm³/mol. The Kier molecular flexibility index (Phi) is 5.51. The second-order valence-corrected chi connectivity index (χ2v) is 6.97. The number of piperazine rings is 1. The molecule has 2 N–H and O–H groups in total. The van der Waals surface area contributed by atoms with Gasteiger partial charge in [-0.05, 0) is 26.0 Å². The van der Waals surface area contributed by atoms with Crippen LogP contribution < -0.4 is 15.4 Å². The van der Waals surface area contributed by atoms with Crippen molar-refractivity contribution in [1.82, 2.24) is 19.9 Å². The summed E-state index contributed by atoms with van der Waals surface area (Å²) >= 11 is 0. The van der Waals surface area contributed by atoms with Gasteiger partial charge in [0.1, 0.15) is 17.5 Å². The summed E-state index contributed by atoms with van der Waals surface area (Å²) in [7, 11) is 0. The fraction of sp³-hybridized carbons (Fsp3) is 0.333. The van der Waals surface area contributed by atoms with Crippen LogP contribution in [0.5, 0.6) is 11.6 Å². The van der Waals surface area contributed by atoms with Crippen LogP contribution in [0.25, 0.3) is 10.9 Å². The molecule has 1 amide bonds. The Hall–Kier alpha value is -3.62. The van der Waals surface area contributed by atoms with Crippen molar-refractivity contribution in [1.29, 1.82) is 0 Å². The lowest BCUT2D eigenvalue weighted by molar-refractivity contribution is 0.105. The van der Waals surface area contributed by atoms with Crippen molar-refractivity contribution in [2.45, 2.75) is 13.8 Å². The molecule has 1 saturated heterocycles. The first-order chi connectivity index (χ1) is 14.6. The molecule has 0 unspecified atom stereocenters. The molecule has 156 valence electrons. The molecular formula is C21H24N6O3. The number of ether oxygens (including phenoxy) is 2. The highest BCUT2D eigenvalue weighted by Gasteiger charge is 2.25. The molecule has 4 rings (SSSR count). The maximum Gasteiger partial charge on any atom is 0.409 e. The summed E-state index contributed by atoms with van der Waals surface area (Å²) in [5.41, 5.74) is 8.36. The SMILES string of the molecule is CCOC(=O)N1CCN(c2ncnc(Oc3cccc4ccc(C)nc34)c2N)CC1. The van der Waals surface area contributed by atoms with E-state index in [1.807, 2.05) is 42.2 Å². The summed E-state index contributed by atoms with van der Waals surface area (Å²) in [5.74, 6) is 1.45. The normalized spacial score (nSPS) is 14.1. The third kappa shape index (κ3) is 3.91. The average molecular weight is 408 g/mol. The van der Waals surface area contributed by atoms with E-state index in [0.717, 1.165) is 16.6 Å². The molecule has 3 heterocycles. The molecule has 1 aromatic carbocycles. The summed E-state index contributed by atoms with van der Waals surface area (Å²) in [6.45, 7) is 6.34. The zero-order chi connectivity index (χ0) is 21.1. The maximum atomic E-state index is 11.9. The highest BCUT2D eigenvalue weighted by atomic mass is 16.6. The lowest BCUT2D eigenvalue weighted by Crippen LogP contribution is -2.49. The van der Waals surface area contributed by atoms with Crippen LogP contribution in [0.1, 0.15) is 12.6 Å². The number of hydrogen-bond acceptors (Lipinski definition) is 8. The standard InChI is InChI=1S/C21H24N6O3/c1-3-29-21(28)27-11-9-26(10-12-27)19-17(22)20(24-13-23-19)30-16-6-4-5-15-8-7-14(2)25-18(15)16/h4-8,13H,3,9-12,22H2,1-2H3. The number of anilines is 2. The Labute approximate surface area is 174 Å². The molecule has 1 fully saturated rings. The third-order valence-corrected chi connectivity index (χ3v) is 4.96. The van der Waals surface area contributed by atoms with Gasteiger partial charge in [0.25, 0.3) is 0 Å². The Morgan fingerprint density at radius 3 is 2.70 bits per heavy atom. The minimum absolute atomic E-state index is 0.281. The predicted octanol–water partition coefficient (Wildman–Crippen LogP) is 2.99. The van der Waals surface area contributed by atoms with Gasteiger partial charge in [0.15, 0.2) is 11.6 Å². The molecule has 2 aromatic heterocycles. The summed E-state index contributed by atoms with van der Waals surface area (Å²) in [6, 6.07) is 9.68. The number of pyridine rings is 1. The first kappa shape index (κ1) is 19.7. The van der Waals surface area contributed by atoms with E-state index in [1.54, 1.807) is 11.8 Å². The molecule has 1 aliphatic heterocycles. The Morgan fingerprint density at radius 1 is 1.13 bits per heavy atom. The summed E-state index contributed by atoms with van der Waals surface area (Å²) < 4.78 is 11.1. The molecule has 1 aliphatic rings. The van der Waals surface area contributed by atoms with Crippen molar-refractivity contribution in [2.24, 2.45) is 0 Å². The number of fused-ring (bicyclic) bond motifs is 1. The fourth-order valence-electron chi connectivity index (χ4n) is 3.42. The van der Waals surface area contributed by atoms with Crippen LogP contribution in [-0.4, -0.2) is 58.7 Å². The fourth-order valence-corrected chi connectivity index (χ4v) is 3.42. The number of nitrogens with two attached hydrogens (primary N) is 1. The molecule has 9 nitrogen and oxygen atoms in total. The van der Waals surface area contributed by atoms with Crippen LogP contribution in [0.2, 0.25) is 0 Å². The number of rotatable bonds is 4. The number of amides is 1. The van der Waals surface area contributed by atoms with E-state index in [4.69, 9.17) is 15.2 Å². The van der Waals surface area contributed by atoms with Crippen molar-refractivity contribution >= 4 is 28.5 Å². The maximum absolute atomic E-state index is 11.9. The van der Waals surface area contributed by atoms with Crippen LogP contribution in [0, 0.1) is 6.92 Å². The van der Waals surface area contributed by atoms with E-state index in [1.165, 1.54) is 6.33 Å². The van der Waals surface area contributed by atoms with Crippen molar-refractivity contribution in [3.8, 4) is 11.6 Å². The molecule has 30 heavy (non-hydrogen) atoms. The number of nitrogen functional groups attached to an aromatic ring is 1. The lowest BCUT2D eigenvalue weighted by Gasteiger charge is -2.35. The van der Waals surface area contributed by atoms with E-state index in [2.05, 4.69) is 15.0 Å². The number of hydrogen-bond donors (Lipinski definition) is 1. The molecule has 0 aliphatic carbocycles. The van der Waals surface area contributed by atoms with E-state index in [-0.39, 0.29) is 12.0 Å². The lowest BCUT2D eigenvalue weighted by atomic mass is 10.2. The average Bonchev–Trinajstić information content (AvgIpc) is 2.76. The molecule has 0 radical (unpaired) electrons. The number of para-hydroxylation sites is 1. The molecular weight excluding hydrogens is 384 g/mol. The monoisotopic (exact) mass is 408 g/mol. The molecule has 0 spiro atoms. The van der Waals surface area contributed by atoms with E-state index in [0.29, 0.717) is 50.0 Å². The minimum Gasteiger partial charge on any atom is -0.450 e. The van der Waals surface area contributed by atoms with Gasteiger partial charge < -0.3 is 25.0 Å². The first-order valence-corrected chi connectivity index (χ1v) is 9.88. The van der Waals surface area contributed by atoms with Crippen molar-refractivity contribution in [2.75, 3.05) is 43.4 Å². The van der Waals surface area contributed by atoms with Crippen molar-refractivity contribution in [3.63, 3.8) is 0 Å². The second kappa shape index (κ2) is 8.40. The van der Waals surface area contributed by atoms with Gasteiger partial charge in [0, 0.05) is 37.3 Å². The molecule has 0 atom stereocenters. The number of aryl methyl sites for hydroxylation is 1. The Bertz CT molecular complexity index is 1070. The summed E-state index contributed by atoms with van der Waals surface area (Å²) in [5, 5.41) is 0.973. The minimum atomic E-state index is -0.296. The number of carbonyl (C=O) groups excluding carboxylic acids is 1. The molecule has 0 bridgehead atoms. The van der Waals surface area contributed by atoms with Crippen LogP contribution in [0.3, 0.4) is 0 Å². The second-order valence-electron chi connectivity index (χ2n) is 6.97. The van der Waals surface area contributed by atoms with Crippen LogP contribution >= 0.6 is 0 Å². The van der Waals surface area contributed by atoms with E-state index in [9.17, 15) is 4.79 Å². The first-order valence-electron chi connectivity index (χ1n) is 9.88. The number of benzene rings is 1. The highest BCUT2D eigenvalue weighted by Crippen LogP contribution is 2.34. The van der Waals surface area contributed by atoms with Gasteiger partial charge in [0.2, 0.25) is 5.88 Å². The van der Waals surface area contributed by atoms with Gasteiger partial charge in [-0.2, -0.15) is 4.98 Å². The Balaban J connectivity index is 1.55. The number of carbonyl (C=O) groups is 1. The zero-order valence-corrected chi connectivity index (χ0v) is 17.0. The number of aromatic nitrogens is 3. The van der Waals surface area contributed by atoms with Gasteiger partial charge in [-0.3, -0.25) is 0 Å². The van der Waals surface area contributed by atoms with Crippen molar-refractivity contribution in [3.05, 3.63) is 42.4 Å². The summed E-state index contributed by atoms with van der Waals surface area (Å²) in [6.07, 6.45) is 1.14. The molecule has 9 heteroatoms. The van der Waals surface area contributed by atoms with Crippen LogP contribution in [0.15, 0.2) is 36.7 Å². The van der Waals surface area contributed by atoms with Gasteiger partial charge in [-0.1, -0.05) is 18.2 Å². The van der Waals surface area contributed by atoms with Gasteiger partial charge in [-0.25, -0.2) is 14.8 Å². The zero-order valence-electron chi connectivity index (χ0n) is 17.0. The van der Waals surface area contributed by atoms with Gasteiger partial charge in [-0.15, -0.1) is 0 Å². The smallest absolute Gasteiger partial charge is 0.409 e. The number of nitrogens with zero attached hydrogens (tertiary/aromatic N) is 5. The third-order valence-electron chi connectivity index (χ3n) is 4.96. The van der Waals surface area contributed by atoms with Crippen LogP contribution in [0.4, 0.5) is 16.3 Å². The van der Waals surface area contributed by atoms with Crippen molar-refractivity contribution < 1.29 is 14.3 Å². The largest absolute Gasteiger partial charge is 0.450 e. The molecule has 3 aromatic rings. The Morgan fingerprint density at radius 2 is 1.93 bits per heavy atom. The van der Waals surface area contributed by atoms with Crippen LogP contribution in [-0.2, 0) is 4.74 Å². The highest BCUT2D eigenvalue weighted by molar-refractivity contribution is 5.85. The van der Waals surface area contributed by atoms with E-state index >= 15 is 0 Å². The topological polar surface area (TPSA) is 107 Å². The van der Waals surface area contributed by atoms with E-state index < -0.39 is 0 Å². The quantitative estimate of drug-likeness (QED) is 0.702. The van der Waals surface area contributed by atoms with Gasteiger partial charge in [0.05, 0.1) is 6.61 Å². The summed E-state index contributed by atoms with van der Waals surface area (Å²) in [4.78, 5) is 28.8.